The van der Waals surface area contributed by atoms with Gasteiger partial charge in [0.2, 0.25) is 0 Å². The van der Waals surface area contributed by atoms with Gasteiger partial charge in [0.25, 0.3) is 0 Å². The highest BCUT2D eigenvalue weighted by Crippen LogP contribution is 2.05. The molecule has 0 aromatic rings. The van der Waals surface area contributed by atoms with E-state index in [1.165, 1.54) is 0 Å². The molecule has 0 amide bonds. The fraction of sp³-hybridized carbons (Fsp3) is 0.429. The Morgan fingerprint density at radius 1 is 1.33 bits per heavy atom. The topological polar surface area (TPSA) is 52.6 Å². The molecule has 0 fully saturated rings. The summed E-state index contributed by atoms with van der Waals surface area (Å²) in [7, 11) is 2.25. The monoisotopic (exact) mass is 176 g/mol. The first kappa shape index (κ1) is 10.6. The van der Waals surface area contributed by atoms with E-state index in [9.17, 15) is 14.0 Å². The van der Waals surface area contributed by atoms with E-state index in [-0.39, 0.29) is 11.9 Å². The van der Waals surface area contributed by atoms with Crippen LogP contribution in [0.5, 0.6) is 0 Å². The zero-order valence-electron chi connectivity index (χ0n) is 6.80. The number of rotatable bonds is 3. The van der Waals surface area contributed by atoms with Gasteiger partial charge < -0.3 is 9.47 Å². The standard InChI is InChI=1S/C7H9FO4/c1-11-6(9)3-5(4-8)7(10)12-2/h4H,3H2,1-2H3. The molecule has 4 nitrogen and oxygen atoms in total. The van der Waals surface area contributed by atoms with Crippen LogP contribution in [0.4, 0.5) is 4.39 Å². The van der Waals surface area contributed by atoms with Crippen molar-refractivity contribution in [2.75, 3.05) is 14.2 Å². The summed E-state index contributed by atoms with van der Waals surface area (Å²) in [4.78, 5) is 21.2. The van der Waals surface area contributed by atoms with E-state index in [0.717, 1.165) is 14.2 Å². The third-order valence-electron chi connectivity index (χ3n) is 1.14. The number of carbonyl (C=O) groups excluding carboxylic acids is 2. The summed E-state index contributed by atoms with van der Waals surface area (Å²) in [6.07, 6.45) is -0.386. The maximum Gasteiger partial charge on any atom is 0.336 e. The molecule has 12 heavy (non-hydrogen) atoms. The molecular weight excluding hydrogens is 167 g/mol. The second-order valence-electron chi connectivity index (χ2n) is 1.88. The predicted octanol–water partition coefficient (Wildman–Crippen LogP) is 0.576. The maximum absolute atomic E-state index is 11.9. The van der Waals surface area contributed by atoms with E-state index in [1.807, 2.05) is 0 Å². The van der Waals surface area contributed by atoms with Crippen molar-refractivity contribution in [2.24, 2.45) is 0 Å². The molecule has 0 aliphatic rings. The Kier molecular flexibility index (Phi) is 4.67. The molecule has 0 saturated heterocycles. The molecule has 0 aliphatic carbocycles. The number of halogens is 1. The van der Waals surface area contributed by atoms with Crippen molar-refractivity contribution in [3.05, 3.63) is 11.9 Å². The Hall–Kier alpha value is -1.39. The third-order valence-corrected chi connectivity index (χ3v) is 1.14. The SMILES string of the molecule is COC(=O)CC(=CF)C(=O)OC. The van der Waals surface area contributed by atoms with E-state index >= 15 is 0 Å². The minimum atomic E-state index is -0.872. The van der Waals surface area contributed by atoms with Gasteiger partial charge in [0.15, 0.2) is 0 Å². The van der Waals surface area contributed by atoms with E-state index in [4.69, 9.17) is 0 Å². The quantitative estimate of drug-likeness (QED) is 0.466. The van der Waals surface area contributed by atoms with Crippen LogP contribution in [0.25, 0.3) is 0 Å². The van der Waals surface area contributed by atoms with Gasteiger partial charge in [-0.1, -0.05) is 0 Å². The van der Waals surface area contributed by atoms with Gasteiger partial charge in [-0.25, -0.2) is 9.18 Å². The highest BCUT2D eigenvalue weighted by Gasteiger charge is 2.14. The number of hydrogen-bond acceptors (Lipinski definition) is 4. The molecule has 0 bridgehead atoms. The van der Waals surface area contributed by atoms with Gasteiger partial charge in [0.1, 0.15) is 0 Å². The Morgan fingerprint density at radius 2 is 1.92 bits per heavy atom. The number of methoxy groups -OCH3 is 2. The van der Waals surface area contributed by atoms with Gasteiger partial charge in [0.05, 0.1) is 32.5 Å². The van der Waals surface area contributed by atoms with Crippen LogP contribution in [0.1, 0.15) is 6.42 Å². The molecule has 0 saturated carbocycles. The fourth-order valence-electron chi connectivity index (χ4n) is 0.514. The zero-order valence-corrected chi connectivity index (χ0v) is 6.80. The summed E-state index contributed by atoms with van der Waals surface area (Å²) >= 11 is 0. The molecule has 0 heterocycles. The number of carbonyl (C=O) groups is 2. The Morgan fingerprint density at radius 3 is 2.25 bits per heavy atom. The predicted molar refractivity (Wildman–Crippen MR) is 37.8 cm³/mol. The van der Waals surface area contributed by atoms with E-state index in [0.29, 0.717) is 0 Å². The van der Waals surface area contributed by atoms with Crippen LogP contribution in [0.3, 0.4) is 0 Å². The van der Waals surface area contributed by atoms with Gasteiger partial charge >= 0.3 is 11.9 Å². The normalized spacial score (nSPS) is 10.8. The van der Waals surface area contributed by atoms with Crippen LogP contribution < -0.4 is 0 Å². The summed E-state index contributed by atoms with van der Waals surface area (Å²) in [5, 5.41) is 0. The van der Waals surface area contributed by atoms with Gasteiger partial charge in [-0.3, -0.25) is 4.79 Å². The van der Waals surface area contributed by atoms with Gasteiger partial charge in [-0.2, -0.15) is 0 Å². The third kappa shape index (κ3) is 3.14. The maximum atomic E-state index is 11.9. The van der Waals surface area contributed by atoms with E-state index < -0.39 is 18.4 Å². The number of ether oxygens (including phenoxy) is 2. The lowest BCUT2D eigenvalue weighted by molar-refractivity contribution is -0.143. The number of hydrogen-bond donors (Lipinski definition) is 0. The van der Waals surface area contributed by atoms with Crippen LogP contribution in [0.2, 0.25) is 0 Å². The average molecular weight is 176 g/mol. The fourth-order valence-corrected chi connectivity index (χ4v) is 0.514. The molecule has 0 radical (unpaired) electrons. The molecule has 5 heteroatoms. The second-order valence-corrected chi connectivity index (χ2v) is 1.88. The summed E-state index contributed by atoms with van der Waals surface area (Å²) in [6.45, 7) is 0. The Labute approximate surface area is 69.0 Å². The molecule has 0 aromatic heterocycles. The van der Waals surface area contributed by atoms with Crippen molar-refractivity contribution in [2.45, 2.75) is 6.42 Å². The minimum Gasteiger partial charge on any atom is -0.469 e. The molecule has 0 aliphatic heterocycles. The molecule has 0 unspecified atom stereocenters. The second kappa shape index (κ2) is 5.29. The lowest BCUT2D eigenvalue weighted by atomic mass is 10.2. The van der Waals surface area contributed by atoms with Crippen LogP contribution in [0.15, 0.2) is 11.9 Å². The first-order valence-corrected chi connectivity index (χ1v) is 3.10. The lowest BCUT2D eigenvalue weighted by Gasteiger charge is -2.00. The van der Waals surface area contributed by atoms with Crippen molar-refractivity contribution in [3.8, 4) is 0 Å². The van der Waals surface area contributed by atoms with Gasteiger partial charge in [-0.05, 0) is 0 Å². The molecule has 68 valence electrons. The average Bonchev–Trinajstić information content (AvgIpc) is 2.12. The molecule has 0 rings (SSSR count). The minimum absolute atomic E-state index is 0.0305. The summed E-state index contributed by atoms with van der Waals surface area (Å²) in [5.41, 5.74) is -0.357. The van der Waals surface area contributed by atoms with Crippen molar-refractivity contribution < 1.29 is 23.5 Å². The van der Waals surface area contributed by atoms with Crippen molar-refractivity contribution in [3.63, 3.8) is 0 Å². The lowest BCUT2D eigenvalue weighted by Crippen LogP contribution is -2.10. The Bertz CT molecular complexity index is 209. The van der Waals surface area contributed by atoms with Crippen molar-refractivity contribution in [1.82, 2.24) is 0 Å². The first-order chi connectivity index (χ1) is 5.65. The van der Waals surface area contributed by atoms with Gasteiger partial charge in [0, 0.05) is 0 Å². The smallest absolute Gasteiger partial charge is 0.336 e. The zero-order chi connectivity index (χ0) is 9.56. The molecule has 0 aromatic carbocycles. The molecule has 0 N–H and O–H groups in total. The van der Waals surface area contributed by atoms with Gasteiger partial charge in [-0.15, -0.1) is 0 Å². The highest BCUT2D eigenvalue weighted by atomic mass is 19.1. The first-order valence-electron chi connectivity index (χ1n) is 3.10. The largest absolute Gasteiger partial charge is 0.469 e. The summed E-state index contributed by atoms with van der Waals surface area (Å²) in [6, 6.07) is 0. The van der Waals surface area contributed by atoms with E-state index in [2.05, 4.69) is 9.47 Å². The Balaban J connectivity index is 4.20. The molecular formula is C7H9FO4. The number of esters is 2. The van der Waals surface area contributed by atoms with Crippen molar-refractivity contribution >= 4 is 11.9 Å². The van der Waals surface area contributed by atoms with Crippen LogP contribution >= 0.6 is 0 Å². The van der Waals surface area contributed by atoms with Crippen LogP contribution in [-0.2, 0) is 19.1 Å². The van der Waals surface area contributed by atoms with Crippen LogP contribution in [-0.4, -0.2) is 26.2 Å². The van der Waals surface area contributed by atoms with Crippen LogP contribution in [0, 0.1) is 0 Å². The summed E-state index contributed by atoms with van der Waals surface area (Å²) < 4.78 is 20.3. The molecule has 0 atom stereocenters. The summed E-state index contributed by atoms with van der Waals surface area (Å²) in [5.74, 6) is -1.56. The van der Waals surface area contributed by atoms with Crippen molar-refractivity contribution in [1.29, 1.82) is 0 Å². The highest BCUT2D eigenvalue weighted by molar-refractivity contribution is 5.93. The van der Waals surface area contributed by atoms with E-state index in [1.54, 1.807) is 0 Å². The molecule has 0 spiro atoms.